The zero-order valence-electron chi connectivity index (χ0n) is 10.8. The van der Waals surface area contributed by atoms with Crippen molar-refractivity contribution in [3.63, 3.8) is 0 Å². The van der Waals surface area contributed by atoms with Crippen molar-refractivity contribution in [3.05, 3.63) is 36.8 Å². The van der Waals surface area contributed by atoms with Crippen molar-refractivity contribution in [1.82, 2.24) is 4.65 Å². The summed E-state index contributed by atoms with van der Waals surface area (Å²) < 4.78 is 14.9. The molecular weight excluding hydrogens is 246 g/mol. The molecule has 0 aromatic carbocycles. The summed E-state index contributed by atoms with van der Waals surface area (Å²) in [7, 11) is -3.47. The molecule has 5 heteroatoms. The molecule has 0 fully saturated rings. The van der Waals surface area contributed by atoms with E-state index in [1.165, 1.54) is 0 Å². The van der Waals surface area contributed by atoms with Gasteiger partial charge in [0.25, 0.3) is 0 Å². The van der Waals surface area contributed by atoms with Crippen molar-refractivity contribution >= 4 is 27.2 Å². The van der Waals surface area contributed by atoms with Crippen molar-refractivity contribution in [1.29, 1.82) is 0 Å². The first-order valence-electron chi connectivity index (χ1n) is 5.79. The van der Waals surface area contributed by atoms with Gasteiger partial charge in [-0.2, -0.15) is 0 Å². The fourth-order valence-corrected chi connectivity index (χ4v) is 11.2. The Kier molecular flexibility index (Phi) is 3.16. The van der Waals surface area contributed by atoms with Crippen molar-refractivity contribution in [3.8, 4) is 0 Å². The molecule has 17 heavy (non-hydrogen) atoms. The molecule has 92 valence electrons. The minimum absolute atomic E-state index is 1.09. The van der Waals surface area contributed by atoms with E-state index in [0.717, 1.165) is 10.8 Å². The SMILES string of the molecule is C[Si](C)(N[Si](C)(C)c1ccco1)c1ccco1. The summed E-state index contributed by atoms with van der Waals surface area (Å²) >= 11 is 0. The van der Waals surface area contributed by atoms with E-state index in [9.17, 15) is 0 Å². The highest BCUT2D eigenvalue weighted by atomic mass is 28.4. The summed E-state index contributed by atoms with van der Waals surface area (Å²) in [6.07, 6.45) is 3.49. The average molecular weight is 265 g/mol. The van der Waals surface area contributed by atoms with Crippen LogP contribution in [-0.2, 0) is 0 Å². The molecule has 0 spiro atoms. The van der Waals surface area contributed by atoms with Gasteiger partial charge in [-0.15, -0.1) is 0 Å². The number of rotatable bonds is 4. The van der Waals surface area contributed by atoms with E-state index in [-0.39, 0.29) is 0 Å². The van der Waals surface area contributed by atoms with E-state index in [1.807, 2.05) is 12.1 Å². The molecule has 0 aliphatic rings. The highest BCUT2D eigenvalue weighted by molar-refractivity contribution is 7.01. The van der Waals surface area contributed by atoms with Gasteiger partial charge in [0, 0.05) is 0 Å². The van der Waals surface area contributed by atoms with Gasteiger partial charge in [0.1, 0.15) is 0 Å². The lowest BCUT2D eigenvalue weighted by Gasteiger charge is -2.31. The van der Waals surface area contributed by atoms with E-state index in [0.29, 0.717) is 0 Å². The first-order valence-corrected chi connectivity index (χ1v) is 11.8. The van der Waals surface area contributed by atoms with Gasteiger partial charge < -0.3 is 13.5 Å². The third-order valence-electron chi connectivity index (χ3n) is 2.90. The van der Waals surface area contributed by atoms with Crippen LogP contribution in [0.25, 0.3) is 0 Å². The summed E-state index contributed by atoms with van der Waals surface area (Å²) in [6, 6.07) is 8.03. The number of furan rings is 2. The number of hydrogen-bond acceptors (Lipinski definition) is 3. The molecule has 0 saturated carbocycles. The Balaban J connectivity index is 2.21. The monoisotopic (exact) mass is 265 g/mol. The summed E-state index contributed by atoms with van der Waals surface area (Å²) in [4.78, 5) is 0. The van der Waals surface area contributed by atoms with Gasteiger partial charge in [-0.1, -0.05) is 26.2 Å². The molecule has 2 aromatic rings. The highest BCUT2D eigenvalue weighted by Crippen LogP contribution is 2.07. The Hall–Kier alpha value is -1.05. The molecule has 1 N–H and O–H groups in total. The maximum Gasteiger partial charge on any atom is 0.189 e. The predicted octanol–water partition coefficient (Wildman–Crippen LogP) is 1.99. The number of hydrogen-bond donors (Lipinski definition) is 1. The number of nitrogens with one attached hydrogen (secondary N) is 1. The average Bonchev–Trinajstić information content (AvgIpc) is 2.91. The summed E-state index contributed by atoms with van der Waals surface area (Å²) in [5.74, 6) is 0. The lowest BCUT2D eigenvalue weighted by atomic mass is 10.7. The molecule has 0 aliphatic heterocycles. The van der Waals surface area contributed by atoms with Crippen LogP contribution >= 0.6 is 0 Å². The molecule has 0 aliphatic carbocycles. The van der Waals surface area contributed by atoms with E-state index in [4.69, 9.17) is 8.83 Å². The predicted molar refractivity (Wildman–Crippen MR) is 74.8 cm³/mol. The van der Waals surface area contributed by atoms with E-state index >= 15 is 0 Å². The third-order valence-corrected chi connectivity index (χ3v) is 10.9. The first kappa shape index (κ1) is 12.4. The Labute approximate surface area is 104 Å². The second kappa shape index (κ2) is 4.32. The first-order chi connectivity index (χ1) is 7.92. The zero-order chi connectivity index (χ0) is 12.5. The van der Waals surface area contributed by atoms with Crippen molar-refractivity contribution < 1.29 is 8.83 Å². The van der Waals surface area contributed by atoms with Crippen LogP contribution in [0.4, 0.5) is 0 Å². The van der Waals surface area contributed by atoms with E-state index < -0.39 is 16.5 Å². The molecular formula is C12H19NO2Si2. The lowest BCUT2D eigenvalue weighted by molar-refractivity contribution is 0.593. The van der Waals surface area contributed by atoms with Crippen molar-refractivity contribution in [2.75, 3.05) is 0 Å². The van der Waals surface area contributed by atoms with Gasteiger partial charge in [-0.3, -0.25) is 0 Å². The highest BCUT2D eigenvalue weighted by Gasteiger charge is 2.37. The second-order valence-corrected chi connectivity index (χ2v) is 13.8. The zero-order valence-corrected chi connectivity index (χ0v) is 12.8. The molecule has 2 aromatic heterocycles. The molecule has 0 bridgehead atoms. The molecule has 2 rings (SSSR count). The van der Waals surface area contributed by atoms with E-state index in [2.05, 4.69) is 43.0 Å². The van der Waals surface area contributed by atoms with Gasteiger partial charge in [0.2, 0.25) is 0 Å². The largest absolute Gasteiger partial charge is 0.473 e. The van der Waals surface area contributed by atoms with Gasteiger partial charge >= 0.3 is 0 Å². The van der Waals surface area contributed by atoms with Crippen LogP contribution in [0.3, 0.4) is 0 Å². The fourth-order valence-electron chi connectivity index (χ4n) is 2.17. The van der Waals surface area contributed by atoms with Crippen LogP contribution in [0.2, 0.25) is 26.2 Å². The molecule has 0 saturated heterocycles. The molecule has 0 amide bonds. The van der Waals surface area contributed by atoms with Crippen LogP contribution in [0.1, 0.15) is 0 Å². The Morgan fingerprint density at radius 1 is 0.824 bits per heavy atom. The molecule has 0 atom stereocenters. The molecule has 0 unspecified atom stereocenters. The topological polar surface area (TPSA) is 38.3 Å². The maximum absolute atomic E-state index is 5.55. The lowest BCUT2D eigenvalue weighted by Crippen LogP contribution is -2.69. The standard InChI is InChI=1S/C12H19NO2Si2/c1-16(2,11-7-5-9-14-11)13-17(3,4)12-8-6-10-15-12/h5-10,13H,1-4H3. The summed E-state index contributed by atoms with van der Waals surface area (Å²) in [6.45, 7) is 9.07. The van der Waals surface area contributed by atoms with Gasteiger partial charge in [0.15, 0.2) is 16.5 Å². The smallest absolute Gasteiger partial charge is 0.189 e. The second-order valence-electron chi connectivity index (χ2n) is 5.33. The van der Waals surface area contributed by atoms with Gasteiger partial charge in [-0.25, -0.2) is 0 Å². The van der Waals surface area contributed by atoms with Gasteiger partial charge in [-0.05, 0) is 24.3 Å². The van der Waals surface area contributed by atoms with Crippen LogP contribution in [-0.4, -0.2) is 16.5 Å². The summed E-state index contributed by atoms with van der Waals surface area (Å²) in [5.41, 5.74) is 0. The van der Waals surface area contributed by atoms with Crippen LogP contribution in [0, 0.1) is 0 Å². The van der Waals surface area contributed by atoms with Gasteiger partial charge in [0.05, 0.1) is 23.3 Å². The van der Waals surface area contributed by atoms with Crippen LogP contribution < -0.4 is 15.4 Å². The molecule has 2 heterocycles. The maximum atomic E-state index is 5.55. The van der Waals surface area contributed by atoms with Crippen molar-refractivity contribution in [2.24, 2.45) is 0 Å². The normalized spacial score (nSPS) is 12.9. The minimum atomic E-state index is -1.73. The van der Waals surface area contributed by atoms with E-state index in [1.54, 1.807) is 12.5 Å². The van der Waals surface area contributed by atoms with Crippen LogP contribution in [0.15, 0.2) is 45.6 Å². The minimum Gasteiger partial charge on any atom is -0.473 e. The Morgan fingerprint density at radius 3 is 1.53 bits per heavy atom. The Bertz CT molecular complexity index is 416. The quantitative estimate of drug-likeness (QED) is 0.859. The fraction of sp³-hybridized carbons (Fsp3) is 0.333. The Morgan fingerprint density at radius 2 is 1.24 bits per heavy atom. The summed E-state index contributed by atoms with van der Waals surface area (Å²) in [5, 5.41) is 2.18. The molecule has 3 nitrogen and oxygen atoms in total. The van der Waals surface area contributed by atoms with Crippen molar-refractivity contribution in [2.45, 2.75) is 26.2 Å². The third kappa shape index (κ3) is 2.62. The molecule has 0 radical (unpaired) electrons. The van der Waals surface area contributed by atoms with Crippen LogP contribution in [0.5, 0.6) is 0 Å².